The number of para-hydroxylation sites is 1. The van der Waals surface area contributed by atoms with Gasteiger partial charge in [0.05, 0.1) is 6.61 Å². The molecule has 0 aliphatic carbocycles. The van der Waals surface area contributed by atoms with Gasteiger partial charge in [-0.25, -0.2) is 14.5 Å². The number of benzene rings is 2. The van der Waals surface area contributed by atoms with Crippen molar-refractivity contribution in [2.24, 2.45) is 0 Å². The molecule has 2 aromatic carbocycles. The summed E-state index contributed by atoms with van der Waals surface area (Å²) in [6.07, 6.45) is 2.63. The van der Waals surface area contributed by atoms with E-state index in [1.807, 2.05) is 42.5 Å². The van der Waals surface area contributed by atoms with Crippen LogP contribution in [0, 0.1) is 0 Å². The fraction of sp³-hybridized carbons (Fsp3) is 0.269. The minimum Gasteiger partial charge on any atom is -0.492 e. The maximum Gasteiger partial charge on any atom is 0.266 e. The van der Waals surface area contributed by atoms with Crippen LogP contribution < -0.4 is 10.3 Å². The first-order valence-corrected chi connectivity index (χ1v) is 11.9. The average molecular weight is 461 g/mol. The summed E-state index contributed by atoms with van der Waals surface area (Å²) in [6.45, 7) is 10.9. The first-order valence-electron chi connectivity index (χ1n) is 10.9. The third-order valence-corrected chi connectivity index (χ3v) is 6.15. The normalized spacial score (nSPS) is 11.6. The second-order valence-electron chi connectivity index (χ2n) is 8.77. The molecule has 0 radical (unpaired) electrons. The quantitative estimate of drug-likeness (QED) is 0.220. The van der Waals surface area contributed by atoms with Crippen molar-refractivity contribution in [3.63, 3.8) is 0 Å². The van der Waals surface area contributed by atoms with Crippen LogP contribution in [0.3, 0.4) is 0 Å². The molecule has 0 bridgehead atoms. The second-order valence-corrected chi connectivity index (χ2v) is 9.83. The lowest BCUT2D eigenvalue weighted by Gasteiger charge is -2.19. The van der Waals surface area contributed by atoms with Crippen molar-refractivity contribution in [3.8, 4) is 17.1 Å². The molecule has 170 valence electrons. The van der Waals surface area contributed by atoms with Gasteiger partial charge in [-0.3, -0.25) is 9.89 Å². The highest BCUT2D eigenvalue weighted by Gasteiger charge is 2.15. The van der Waals surface area contributed by atoms with Gasteiger partial charge in [0.15, 0.2) is 16.6 Å². The molecular weight excluding hydrogens is 432 g/mol. The van der Waals surface area contributed by atoms with Gasteiger partial charge in [-0.1, -0.05) is 81.1 Å². The van der Waals surface area contributed by atoms with Gasteiger partial charge >= 0.3 is 0 Å². The molecule has 4 aromatic rings. The highest BCUT2D eigenvalue weighted by atomic mass is 32.2. The summed E-state index contributed by atoms with van der Waals surface area (Å²) in [7, 11) is 0. The zero-order valence-electron chi connectivity index (χ0n) is 19.2. The van der Waals surface area contributed by atoms with E-state index in [2.05, 4.69) is 49.6 Å². The Kier molecular flexibility index (Phi) is 6.70. The van der Waals surface area contributed by atoms with Crippen LogP contribution in [0.25, 0.3) is 17.0 Å². The SMILES string of the molecule is C=CCc1ccccc1OCCSc1nc(-c2ccc(C(C)(C)C)cc2)nc2cc(=O)[nH]n12. The average Bonchev–Trinajstić information content (AvgIpc) is 3.17. The van der Waals surface area contributed by atoms with Crippen molar-refractivity contribution < 1.29 is 4.74 Å². The summed E-state index contributed by atoms with van der Waals surface area (Å²) in [5.74, 6) is 2.12. The summed E-state index contributed by atoms with van der Waals surface area (Å²) in [5, 5.41) is 3.45. The molecule has 0 atom stereocenters. The van der Waals surface area contributed by atoms with E-state index in [1.54, 1.807) is 4.52 Å². The number of fused-ring (bicyclic) bond motifs is 1. The molecule has 33 heavy (non-hydrogen) atoms. The number of aromatic nitrogens is 4. The highest BCUT2D eigenvalue weighted by Crippen LogP contribution is 2.26. The molecule has 2 heterocycles. The molecule has 0 aliphatic heterocycles. The van der Waals surface area contributed by atoms with E-state index in [9.17, 15) is 4.79 Å². The summed E-state index contributed by atoms with van der Waals surface area (Å²) >= 11 is 1.51. The van der Waals surface area contributed by atoms with Crippen LogP contribution in [-0.4, -0.2) is 31.9 Å². The predicted octanol–water partition coefficient (Wildman–Crippen LogP) is 5.28. The Morgan fingerprint density at radius 2 is 1.88 bits per heavy atom. The van der Waals surface area contributed by atoms with Crippen molar-refractivity contribution in [1.82, 2.24) is 19.6 Å². The van der Waals surface area contributed by atoms with Crippen LogP contribution in [0.15, 0.2) is 77.2 Å². The monoisotopic (exact) mass is 460 g/mol. The van der Waals surface area contributed by atoms with E-state index in [0.717, 1.165) is 23.3 Å². The van der Waals surface area contributed by atoms with E-state index >= 15 is 0 Å². The number of hydrogen-bond donors (Lipinski definition) is 1. The molecule has 4 rings (SSSR count). The number of nitrogens with one attached hydrogen (secondary N) is 1. The summed E-state index contributed by atoms with van der Waals surface area (Å²) in [6, 6.07) is 17.7. The summed E-state index contributed by atoms with van der Waals surface area (Å²) in [4.78, 5) is 21.3. The van der Waals surface area contributed by atoms with Crippen LogP contribution in [0.5, 0.6) is 5.75 Å². The lowest BCUT2D eigenvalue weighted by Crippen LogP contribution is -2.10. The van der Waals surface area contributed by atoms with Crippen LogP contribution in [-0.2, 0) is 11.8 Å². The number of allylic oxidation sites excluding steroid dienone is 1. The Bertz CT molecular complexity index is 1320. The number of hydrogen-bond acceptors (Lipinski definition) is 5. The van der Waals surface area contributed by atoms with Crippen molar-refractivity contribution in [3.05, 3.63) is 88.7 Å². The van der Waals surface area contributed by atoms with Gasteiger partial charge in [-0.15, -0.1) is 6.58 Å². The molecule has 0 saturated carbocycles. The van der Waals surface area contributed by atoms with Gasteiger partial charge in [0, 0.05) is 17.4 Å². The van der Waals surface area contributed by atoms with E-state index in [4.69, 9.17) is 9.72 Å². The Morgan fingerprint density at radius 3 is 2.61 bits per heavy atom. The maximum atomic E-state index is 12.0. The molecule has 0 aliphatic rings. The lowest BCUT2D eigenvalue weighted by atomic mass is 9.87. The van der Waals surface area contributed by atoms with Crippen molar-refractivity contribution in [2.75, 3.05) is 12.4 Å². The Morgan fingerprint density at radius 1 is 1.12 bits per heavy atom. The zero-order chi connectivity index (χ0) is 23.4. The first kappa shape index (κ1) is 22.9. The molecule has 6 nitrogen and oxygen atoms in total. The van der Waals surface area contributed by atoms with Gasteiger partial charge < -0.3 is 4.74 Å². The molecule has 0 unspecified atom stereocenters. The molecule has 0 fully saturated rings. The standard InChI is InChI=1S/C26H28N4O2S/c1-5-8-18-9-6-7-10-21(18)32-15-16-33-25-28-24(27-22-17-23(31)29-30(22)25)19-11-13-20(14-12-19)26(2,3)4/h5-7,9-14,17H,1,8,15-16H2,2-4H3,(H,29,31). The Balaban J connectivity index is 1.54. The van der Waals surface area contributed by atoms with E-state index in [1.165, 1.54) is 23.4 Å². The fourth-order valence-corrected chi connectivity index (χ4v) is 4.25. The van der Waals surface area contributed by atoms with Crippen molar-refractivity contribution >= 4 is 17.4 Å². The first-order chi connectivity index (χ1) is 15.8. The Hall–Kier alpha value is -3.32. The van der Waals surface area contributed by atoms with Gasteiger partial charge in [-0.05, 0) is 29.0 Å². The number of aromatic amines is 1. The van der Waals surface area contributed by atoms with Crippen LogP contribution in [0.2, 0.25) is 0 Å². The molecule has 0 amide bonds. The maximum absolute atomic E-state index is 12.0. The van der Waals surface area contributed by atoms with Crippen molar-refractivity contribution in [1.29, 1.82) is 0 Å². The number of ether oxygens (including phenoxy) is 1. The molecular formula is C26H28N4O2S. The third kappa shape index (κ3) is 5.37. The third-order valence-electron chi connectivity index (χ3n) is 5.24. The highest BCUT2D eigenvalue weighted by molar-refractivity contribution is 7.99. The predicted molar refractivity (Wildman–Crippen MR) is 134 cm³/mol. The minimum absolute atomic E-state index is 0.0720. The van der Waals surface area contributed by atoms with Crippen LogP contribution in [0.1, 0.15) is 31.9 Å². The molecule has 0 spiro atoms. The van der Waals surface area contributed by atoms with E-state index in [0.29, 0.717) is 29.0 Å². The van der Waals surface area contributed by atoms with E-state index in [-0.39, 0.29) is 11.0 Å². The van der Waals surface area contributed by atoms with Crippen molar-refractivity contribution in [2.45, 2.75) is 37.8 Å². The van der Waals surface area contributed by atoms with E-state index < -0.39 is 0 Å². The van der Waals surface area contributed by atoms with Crippen LogP contribution in [0.4, 0.5) is 0 Å². The smallest absolute Gasteiger partial charge is 0.266 e. The fourth-order valence-electron chi connectivity index (χ4n) is 3.48. The Labute approximate surface area is 197 Å². The molecule has 0 saturated heterocycles. The molecule has 7 heteroatoms. The lowest BCUT2D eigenvalue weighted by molar-refractivity contribution is 0.340. The van der Waals surface area contributed by atoms with Gasteiger partial charge in [0.2, 0.25) is 0 Å². The number of H-pyrrole nitrogens is 1. The zero-order valence-corrected chi connectivity index (χ0v) is 20.0. The number of thioether (sulfide) groups is 1. The molecule has 2 aromatic heterocycles. The largest absolute Gasteiger partial charge is 0.492 e. The molecule has 1 N–H and O–H groups in total. The number of nitrogens with zero attached hydrogens (tertiary/aromatic N) is 3. The topological polar surface area (TPSA) is 72.3 Å². The summed E-state index contributed by atoms with van der Waals surface area (Å²) in [5.41, 5.74) is 3.68. The van der Waals surface area contributed by atoms with Gasteiger partial charge in [-0.2, -0.15) is 0 Å². The minimum atomic E-state index is -0.207. The van der Waals surface area contributed by atoms with Gasteiger partial charge in [0.25, 0.3) is 5.56 Å². The van der Waals surface area contributed by atoms with Crippen LogP contribution >= 0.6 is 11.8 Å². The summed E-state index contributed by atoms with van der Waals surface area (Å²) < 4.78 is 7.63. The van der Waals surface area contributed by atoms with Gasteiger partial charge in [0.1, 0.15) is 5.75 Å². The number of rotatable bonds is 8. The second kappa shape index (κ2) is 9.67.